The number of halogens is 4. The van der Waals surface area contributed by atoms with Crippen LogP contribution in [0.15, 0.2) is 78.0 Å². The number of hydrogen-bond acceptors (Lipinski definition) is 7. The number of amides is 1. The summed E-state index contributed by atoms with van der Waals surface area (Å²) in [6, 6.07) is 17.0. The molecule has 9 nitrogen and oxygen atoms in total. The molecule has 15 heteroatoms. The van der Waals surface area contributed by atoms with Gasteiger partial charge in [0.2, 0.25) is 0 Å². The van der Waals surface area contributed by atoms with Gasteiger partial charge >= 0.3 is 6.36 Å². The first-order valence-electron chi connectivity index (χ1n) is 14.1. The van der Waals surface area contributed by atoms with Gasteiger partial charge < -0.3 is 14.8 Å². The maximum absolute atomic E-state index is 13.3. The van der Waals surface area contributed by atoms with E-state index in [1.807, 2.05) is 13.8 Å². The lowest BCUT2D eigenvalue weighted by Gasteiger charge is -2.28. The third-order valence-corrected chi connectivity index (χ3v) is 9.65. The Morgan fingerprint density at radius 1 is 0.957 bits per heavy atom. The van der Waals surface area contributed by atoms with Gasteiger partial charge in [0.05, 0.1) is 11.0 Å². The molecule has 0 atom stereocenters. The van der Waals surface area contributed by atoms with E-state index in [1.165, 1.54) is 40.4 Å². The van der Waals surface area contributed by atoms with Gasteiger partial charge in [-0.15, -0.1) is 24.5 Å². The first kappa shape index (κ1) is 34.1. The molecular weight excluding hydrogens is 677 g/mol. The number of alkyl halides is 3. The number of fused-ring (bicyclic) bond motifs is 1. The van der Waals surface area contributed by atoms with Crippen LogP contribution in [0.1, 0.15) is 48.5 Å². The Labute approximate surface area is 278 Å². The Kier molecular flexibility index (Phi) is 9.23. The molecule has 1 amide bonds. The Morgan fingerprint density at radius 3 is 2.32 bits per heavy atom. The van der Waals surface area contributed by atoms with Gasteiger partial charge in [0, 0.05) is 45.8 Å². The van der Waals surface area contributed by atoms with Gasteiger partial charge in [-0.25, -0.2) is 0 Å². The molecule has 2 N–H and O–H groups in total. The second-order valence-electron chi connectivity index (χ2n) is 11.5. The van der Waals surface area contributed by atoms with Crippen LogP contribution in [-0.4, -0.2) is 36.6 Å². The normalized spacial score (nSPS) is 12.4. The fraction of sp³-hybridized carbons (Fsp3) is 0.250. The molecule has 5 aromatic rings. The summed E-state index contributed by atoms with van der Waals surface area (Å²) in [4.78, 5) is 13.7. The molecule has 0 saturated heterocycles. The van der Waals surface area contributed by atoms with Gasteiger partial charge in [-0.05, 0) is 91.0 Å². The summed E-state index contributed by atoms with van der Waals surface area (Å²) >= 11 is 7.68. The summed E-state index contributed by atoms with van der Waals surface area (Å²) in [5.41, 5.74) is 0.852. The minimum atomic E-state index is -4.90. The van der Waals surface area contributed by atoms with Gasteiger partial charge in [-0.1, -0.05) is 25.4 Å². The van der Waals surface area contributed by atoms with Gasteiger partial charge in [0.15, 0.2) is 5.03 Å². The largest absolute Gasteiger partial charge is 0.573 e. The number of ether oxygens (including phenoxy) is 2. The molecule has 0 aliphatic carbocycles. The second kappa shape index (κ2) is 12.7. The number of thiophene rings is 1. The van der Waals surface area contributed by atoms with Gasteiger partial charge in [-0.3, -0.25) is 14.2 Å². The van der Waals surface area contributed by atoms with E-state index < -0.39 is 33.5 Å². The van der Waals surface area contributed by atoms with Crippen LogP contribution in [0.25, 0.3) is 10.1 Å². The highest BCUT2D eigenvalue weighted by molar-refractivity contribution is 7.92. The molecule has 47 heavy (non-hydrogen) atoms. The van der Waals surface area contributed by atoms with E-state index in [0.29, 0.717) is 37.8 Å². The van der Waals surface area contributed by atoms with Crippen LogP contribution < -0.4 is 19.5 Å². The van der Waals surface area contributed by atoms with Crippen LogP contribution in [-0.2, 0) is 22.5 Å². The number of sulfonamides is 1. The van der Waals surface area contributed by atoms with Gasteiger partial charge in [0.25, 0.3) is 15.9 Å². The monoisotopic (exact) mass is 706 g/mol. The highest BCUT2D eigenvalue weighted by Gasteiger charge is 2.33. The molecule has 0 saturated carbocycles. The van der Waals surface area contributed by atoms with Crippen molar-refractivity contribution in [3.05, 3.63) is 94.0 Å². The smallest absolute Gasteiger partial charge is 0.491 e. The number of nitrogens with zero attached hydrogens (tertiary/aromatic N) is 2. The fourth-order valence-electron chi connectivity index (χ4n) is 4.81. The number of carbonyl (C=O) groups excluding carboxylic acids is 1. The maximum Gasteiger partial charge on any atom is 0.573 e. The molecule has 0 radical (unpaired) electrons. The summed E-state index contributed by atoms with van der Waals surface area (Å²) in [6.07, 6.45) is -3.67. The first-order valence-corrected chi connectivity index (χ1v) is 16.8. The third-order valence-electron chi connectivity index (χ3n) is 7.04. The Hall–Kier alpha value is -4.27. The average molecular weight is 707 g/mol. The summed E-state index contributed by atoms with van der Waals surface area (Å²) in [5, 5.41) is 7.61. The van der Waals surface area contributed by atoms with E-state index in [4.69, 9.17) is 16.3 Å². The summed E-state index contributed by atoms with van der Waals surface area (Å²) in [6.45, 7) is 7.13. The molecule has 0 unspecified atom stereocenters. The number of carbonyl (C=O) groups is 1. The van der Waals surface area contributed by atoms with Crippen molar-refractivity contribution < 1.29 is 35.9 Å². The molecule has 0 aliphatic heterocycles. The predicted molar refractivity (Wildman–Crippen MR) is 176 cm³/mol. The highest BCUT2D eigenvalue weighted by atomic mass is 35.5. The van der Waals surface area contributed by atoms with E-state index in [-0.39, 0.29) is 16.9 Å². The predicted octanol–water partition coefficient (Wildman–Crippen LogP) is 8.35. The Balaban J connectivity index is 1.39. The van der Waals surface area contributed by atoms with Crippen molar-refractivity contribution >= 4 is 60.3 Å². The molecule has 2 aromatic heterocycles. The van der Waals surface area contributed by atoms with Crippen molar-refractivity contribution in [3.8, 4) is 11.5 Å². The second-order valence-corrected chi connectivity index (χ2v) is 14.7. The number of anilines is 2. The number of rotatable bonds is 10. The molecule has 0 fully saturated rings. The number of aromatic nitrogens is 2. The zero-order valence-electron chi connectivity index (χ0n) is 25.8. The van der Waals surface area contributed by atoms with Crippen LogP contribution in [0.3, 0.4) is 0 Å². The van der Waals surface area contributed by atoms with Crippen LogP contribution in [0, 0.1) is 0 Å². The van der Waals surface area contributed by atoms with Crippen LogP contribution in [0.5, 0.6) is 11.5 Å². The van der Waals surface area contributed by atoms with Crippen LogP contribution in [0.2, 0.25) is 5.02 Å². The molecular formula is C32H30ClF3N4O5S2. The molecule has 5 rings (SSSR count). The van der Waals surface area contributed by atoms with Crippen molar-refractivity contribution in [2.45, 2.75) is 50.6 Å². The van der Waals surface area contributed by atoms with E-state index >= 15 is 0 Å². The molecule has 2 heterocycles. The molecule has 0 aliphatic rings. The lowest BCUT2D eigenvalue weighted by molar-refractivity contribution is -0.274. The van der Waals surface area contributed by atoms with Gasteiger partial charge in [-0.2, -0.15) is 13.5 Å². The van der Waals surface area contributed by atoms with Crippen molar-refractivity contribution in [3.63, 3.8) is 0 Å². The number of nitrogens with one attached hydrogen (secondary N) is 2. The SMILES string of the molecule is CC(C)Oc1cc(OC(F)(F)F)cc(C(C)(C)c2cc(Cl)cc(NC(=O)c3cc4cc(NS(=O)(=O)c5ccn(C)n5)ccc4s3)c2)c1. The maximum atomic E-state index is 13.3. The molecule has 248 valence electrons. The van der Waals surface area contributed by atoms with E-state index in [0.717, 1.165) is 4.70 Å². The first-order chi connectivity index (χ1) is 21.9. The summed E-state index contributed by atoms with van der Waals surface area (Å²) < 4.78 is 79.3. The molecule has 0 spiro atoms. The van der Waals surface area contributed by atoms with Crippen molar-refractivity contribution in [1.29, 1.82) is 0 Å². The average Bonchev–Trinajstić information content (AvgIpc) is 3.57. The standard InChI is InChI=1S/C32H30ClF3N4O5S2/c1-18(2)44-25-14-21(15-26(17-25)45-32(34,35)36)31(3,4)20-12-22(33)16-24(13-20)37-30(41)28-11-19-10-23(6-7-27(19)46-28)39-47(42,43)29-8-9-40(5)38-29/h6-18,39H,1-5H3,(H,37,41). The van der Waals surface area contributed by atoms with Crippen LogP contribution in [0.4, 0.5) is 24.5 Å². The number of hydrogen-bond donors (Lipinski definition) is 2. The minimum absolute atomic E-state index is 0.124. The summed E-state index contributed by atoms with van der Waals surface area (Å²) in [7, 11) is -2.29. The summed E-state index contributed by atoms with van der Waals surface area (Å²) in [5.74, 6) is -0.648. The Bertz CT molecular complexity index is 2070. The van der Waals surface area contributed by atoms with Gasteiger partial charge in [0.1, 0.15) is 11.5 Å². The van der Waals surface area contributed by atoms with Crippen molar-refractivity contribution in [2.75, 3.05) is 10.0 Å². The van der Waals surface area contributed by atoms with Crippen molar-refractivity contribution in [2.24, 2.45) is 7.05 Å². The zero-order valence-corrected chi connectivity index (χ0v) is 28.2. The topological polar surface area (TPSA) is 112 Å². The lowest BCUT2D eigenvalue weighted by Crippen LogP contribution is -2.22. The number of aryl methyl sites for hydroxylation is 1. The Morgan fingerprint density at radius 2 is 1.66 bits per heavy atom. The lowest BCUT2D eigenvalue weighted by atomic mass is 9.78. The quantitative estimate of drug-likeness (QED) is 0.151. The zero-order chi connectivity index (χ0) is 34.3. The van der Waals surface area contributed by atoms with Crippen LogP contribution >= 0.6 is 22.9 Å². The highest BCUT2D eigenvalue weighted by Crippen LogP contribution is 2.40. The fourth-order valence-corrected chi connectivity index (χ4v) is 7.00. The van der Waals surface area contributed by atoms with E-state index in [1.54, 1.807) is 69.4 Å². The van der Waals surface area contributed by atoms with Crippen molar-refractivity contribution in [1.82, 2.24) is 9.78 Å². The minimum Gasteiger partial charge on any atom is -0.491 e. The van der Waals surface area contributed by atoms with E-state index in [9.17, 15) is 26.4 Å². The third kappa shape index (κ3) is 8.18. The van der Waals surface area contributed by atoms with E-state index in [2.05, 4.69) is 19.9 Å². The number of benzene rings is 3. The molecule has 0 bridgehead atoms. The molecule has 3 aromatic carbocycles.